The Morgan fingerprint density at radius 3 is 2.42 bits per heavy atom. The second-order valence-electron chi connectivity index (χ2n) is 8.66. The molecule has 3 aromatic rings. The molecule has 0 aromatic heterocycles. The van der Waals surface area contributed by atoms with E-state index in [9.17, 15) is 4.79 Å². The van der Waals surface area contributed by atoms with E-state index in [2.05, 4.69) is 10.1 Å². The number of thioether (sulfide) groups is 1. The smallest absolute Gasteiger partial charge is 0.283 e. The number of hydrazone groups is 1. The van der Waals surface area contributed by atoms with E-state index in [4.69, 9.17) is 19.6 Å². The molecule has 2 aliphatic heterocycles. The number of hydrogen-bond donors (Lipinski definition) is 1. The molecule has 5 rings (SSSR count). The van der Waals surface area contributed by atoms with E-state index >= 15 is 0 Å². The lowest BCUT2D eigenvalue weighted by Gasteiger charge is -2.20. The van der Waals surface area contributed by atoms with Crippen molar-refractivity contribution >= 4 is 39.8 Å². The third-order valence-corrected chi connectivity index (χ3v) is 6.90. The van der Waals surface area contributed by atoms with Crippen LogP contribution in [0.2, 0.25) is 0 Å². The highest BCUT2D eigenvalue weighted by Gasteiger charge is 2.36. The van der Waals surface area contributed by atoms with Gasteiger partial charge in [-0.05, 0) is 61.0 Å². The van der Waals surface area contributed by atoms with E-state index in [0.29, 0.717) is 40.5 Å². The van der Waals surface area contributed by atoms with E-state index in [-0.39, 0.29) is 11.4 Å². The van der Waals surface area contributed by atoms with Crippen molar-refractivity contribution in [1.29, 1.82) is 5.41 Å². The minimum Gasteiger partial charge on any atom is -0.493 e. The normalized spacial score (nSPS) is 15.8. The van der Waals surface area contributed by atoms with Crippen molar-refractivity contribution in [1.82, 2.24) is 5.01 Å². The Morgan fingerprint density at radius 2 is 1.68 bits per heavy atom. The van der Waals surface area contributed by atoms with Crippen LogP contribution in [-0.2, 0) is 4.79 Å². The molecule has 38 heavy (non-hydrogen) atoms. The summed E-state index contributed by atoms with van der Waals surface area (Å²) in [6.45, 7) is 4.72. The van der Waals surface area contributed by atoms with Crippen molar-refractivity contribution in [2.45, 2.75) is 13.8 Å². The van der Waals surface area contributed by atoms with Crippen LogP contribution < -0.4 is 14.2 Å². The summed E-state index contributed by atoms with van der Waals surface area (Å²) in [7, 11) is 1.55. The molecule has 1 amide bonds. The zero-order chi connectivity index (χ0) is 26.6. The van der Waals surface area contributed by atoms with Crippen molar-refractivity contribution in [2.24, 2.45) is 10.1 Å². The molecule has 0 bridgehead atoms. The number of amidine groups is 2. The fourth-order valence-electron chi connectivity index (χ4n) is 3.89. The Balaban J connectivity index is 1.29. The molecule has 2 heterocycles. The first-order valence-corrected chi connectivity index (χ1v) is 12.8. The molecule has 0 unspecified atom stereocenters. The van der Waals surface area contributed by atoms with Crippen molar-refractivity contribution in [3.8, 4) is 17.2 Å². The maximum Gasteiger partial charge on any atom is 0.283 e. The fraction of sp³-hybridized carbons (Fsp3) is 0.172. The lowest BCUT2D eigenvalue weighted by Crippen LogP contribution is -2.35. The summed E-state index contributed by atoms with van der Waals surface area (Å²) in [6.07, 6.45) is 1.61. The van der Waals surface area contributed by atoms with Crippen LogP contribution in [0.3, 0.4) is 0 Å². The van der Waals surface area contributed by atoms with Gasteiger partial charge in [0, 0.05) is 5.56 Å². The van der Waals surface area contributed by atoms with E-state index in [1.807, 2.05) is 62.4 Å². The molecule has 0 radical (unpaired) electrons. The molecule has 0 saturated heterocycles. The molecule has 3 aromatic carbocycles. The summed E-state index contributed by atoms with van der Waals surface area (Å²) in [4.78, 5) is 17.0. The van der Waals surface area contributed by atoms with Gasteiger partial charge in [0.15, 0.2) is 17.3 Å². The van der Waals surface area contributed by atoms with Crippen LogP contribution >= 0.6 is 11.8 Å². The average Bonchev–Trinajstić information content (AvgIpc) is 3.35. The van der Waals surface area contributed by atoms with Crippen LogP contribution in [0.5, 0.6) is 17.2 Å². The Kier molecular flexibility index (Phi) is 7.28. The van der Waals surface area contributed by atoms with Crippen LogP contribution in [0, 0.1) is 19.3 Å². The lowest BCUT2D eigenvalue weighted by atomic mass is 10.1. The third kappa shape index (κ3) is 5.33. The first-order valence-electron chi connectivity index (χ1n) is 12.0. The Hall–Kier alpha value is -4.37. The number of ether oxygens (including phenoxy) is 3. The second-order valence-corrected chi connectivity index (χ2v) is 9.62. The zero-order valence-corrected chi connectivity index (χ0v) is 22.0. The summed E-state index contributed by atoms with van der Waals surface area (Å²) in [5.41, 5.74) is 3.93. The number of rotatable bonds is 8. The van der Waals surface area contributed by atoms with Crippen molar-refractivity contribution in [3.63, 3.8) is 0 Å². The summed E-state index contributed by atoms with van der Waals surface area (Å²) in [5, 5.41) is 15.7. The number of aryl methyl sites for hydroxylation is 2. The number of carbonyl (C=O) groups is 1. The highest BCUT2D eigenvalue weighted by molar-refractivity contribution is 8.27. The first-order chi connectivity index (χ1) is 18.4. The Labute approximate surface area is 225 Å². The Morgan fingerprint density at radius 1 is 0.947 bits per heavy atom. The first kappa shape index (κ1) is 25.3. The minimum absolute atomic E-state index is 0.0257. The van der Waals surface area contributed by atoms with Crippen LogP contribution in [-0.4, -0.2) is 47.3 Å². The highest BCUT2D eigenvalue weighted by Crippen LogP contribution is 2.33. The van der Waals surface area contributed by atoms with E-state index in [0.717, 1.165) is 22.4 Å². The van der Waals surface area contributed by atoms with Crippen molar-refractivity contribution < 1.29 is 19.0 Å². The topological polar surface area (TPSA) is 96.6 Å². The summed E-state index contributed by atoms with van der Waals surface area (Å²) in [5.74, 6) is 1.37. The van der Waals surface area contributed by atoms with E-state index in [1.165, 1.54) is 16.8 Å². The van der Waals surface area contributed by atoms with Crippen LogP contribution in [0.1, 0.15) is 22.3 Å². The zero-order valence-electron chi connectivity index (χ0n) is 21.2. The number of aliphatic imine (C=N–C) groups is 1. The molecule has 0 atom stereocenters. The molecule has 9 heteroatoms. The van der Waals surface area contributed by atoms with Gasteiger partial charge < -0.3 is 14.2 Å². The molecule has 0 aliphatic carbocycles. The van der Waals surface area contributed by atoms with E-state index in [1.54, 1.807) is 31.4 Å². The largest absolute Gasteiger partial charge is 0.493 e. The number of nitrogens with zero attached hydrogens (tertiary/aromatic N) is 3. The molecule has 192 valence electrons. The fourth-order valence-corrected chi connectivity index (χ4v) is 4.78. The van der Waals surface area contributed by atoms with Gasteiger partial charge in [-0.15, -0.1) is 0 Å². The van der Waals surface area contributed by atoms with Gasteiger partial charge in [0.2, 0.25) is 5.17 Å². The van der Waals surface area contributed by atoms with Gasteiger partial charge in [-0.1, -0.05) is 54.1 Å². The van der Waals surface area contributed by atoms with Gasteiger partial charge in [0.05, 0.1) is 12.7 Å². The average molecular weight is 527 g/mol. The summed E-state index contributed by atoms with van der Waals surface area (Å²) >= 11 is 1.28. The predicted molar refractivity (Wildman–Crippen MR) is 150 cm³/mol. The highest BCUT2D eigenvalue weighted by atomic mass is 32.2. The standard InChI is InChI=1S/C29H26N4O4S/c1-18-8-11-21(12-9-18)28-32-33-26(30)22(27(34)31-29(33)38-28)16-20-10-13-24(25(17-20)35-3)37-15-14-36-23-7-5-4-6-19(23)2/h4-13,16-17,30H,14-15H2,1-3H3/b22-16-,30-26?. The molecule has 0 spiro atoms. The summed E-state index contributed by atoms with van der Waals surface area (Å²) in [6, 6.07) is 21.1. The number of amides is 1. The number of benzene rings is 3. The number of carbonyl (C=O) groups excluding carboxylic acids is 1. The van der Waals surface area contributed by atoms with Gasteiger partial charge in [-0.25, -0.2) is 0 Å². The molecule has 8 nitrogen and oxygen atoms in total. The molecule has 2 aliphatic rings. The molecule has 0 fully saturated rings. The minimum atomic E-state index is -0.484. The van der Waals surface area contributed by atoms with Crippen molar-refractivity contribution in [3.05, 3.63) is 94.6 Å². The molecule has 1 N–H and O–H groups in total. The van der Waals surface area contributed by atoms with Gasteiger partial charge in [0.25, 0.3) is 5.91 Å². The van der Waals surface area contributed by atoms with Gasteiger partial charge >= 0.3 is 0 Å². The predicted octanol–water partition coefficient (Wildman–Crippen LogP) is 5.44. The number of methoxy groups -OCH3 is 1. The van der Waals surface area contributed by atoms with Crippen LogP contribution in [0.25, 0.3) is 6.08 Å². The third-order valence-electron chi connectivity index (χ3n) is 5.94. The maximum atomic E-state index is 12.8. The maximum absolute atomic E-state index is 12.8. The van der Waals surface area contributed by atoms with E-state index < -0.39 is 5.91 Å². The SMILES string of the molecule is COc1cc(/C=C2/C(=N)N3N=C(c4ccc(C)cc4)SC3=NC2=O)ccc1OCCOc1ccccc1C. The number of para-hydroxylation sites is 1. The van der Waals surface area contributed by atoms with Crippen LogP contribution in [0.15, 0.2) is 82.4 Å². The molecular weight excluding hydrogens is 500 g/mol. The number of nitrogens with one attached hydrogen (secondary N) is 1. The molecular formula is C29H26N4O4S. The summed E-state index contributed by atoms with van der Waals surface area (Å²) < 4.78 is 17.2. The van der Waals surface area contributed by atoms with Crippen molar-refractivity contribution in [2.75, 3.05) is 20.3 Å². The van der Waals surface area contributed by atoms with Gasteiger partial charge in [0.1, 0.15) is 24.0 Å². The second kappa shape index (κ2) is 10.9. The number of fused-ring (bicyclic) bond motifs is 1. The van der Waals surface area contributed by atoms with Gasteiger partial charge in [-0.2, -0.15) is 15.1 Å². The number of hydrogen-bond acceptors (Lipinski definition) is 7. The molecule has 0 saturated carbocycles. The van der Waals surface area contributed by atoms with Gasteiger partial charge in [-0.3, -0.25) is 10.2 Å². The monoisotopic (exact) mass is 526 g/mol. The Bertz CT molecular complexity index is 1490. The lowest BCUT2D eigenvalue weighted by molar-refractivity contribution is -0.114. The quantitative estimate of drug-likeness (QED) is 0.310. The van der Waals surface area contributed by atoms with Crippen LogP contribution in [0.4, 0.5) is 0 Å².